The molecule has 0 amide bonds. The summed E-state index contributed by atoms with van der Waals surface area (Å²) in [6, 6.07) is 7.16. The molecule has 2 aromatic rings. The Morgan fingerprint density at radius 1 is 1.26 bits per heavy atom. The molecule has 2 saturated heterocycles. The smallest absolute Gasteiger partial charge is 0.243 e. The molecule has 0 aliphatic carbocycles. The molecular formula is C16H19N3O2S2. The number of hydrogen-bond acceptors (Lipinski definition) is 5. The van der Waals surface area contributed by atoms with Crippen LogP contribution in [0.25, 0.3) is 10.6 Å². The van der Waals surface area contributed by atoms with Gasteiger partial charge in [-0.2, -0.15) is 4.31 Å². The quantitative estimate of drug-likeness (QED) is 0.920. The van der Waals surface area contributed by atoms with E-state index in [4.69, 9.17) is 0 Å². The van der Waals surface area contributed by atoms with Gasteiger partial charge in [0.1, 0.15) is 5.01 Å². The molecule has 2 fully saturated rings. The Bertz CT molecular complexity index is 819. The van der Waals surface area contributed by atoms with Gasteiger partial charge >= 0.3 is 0 Å². The maximum absolute atomic E-state index is 12.9. The van der Waals surface area contributed by atoms with E-state index in [0.717, 1.165) is 29.4 Å². The Labute approximate surface area is 140 Å². The minimum absolute atomic E-state index is 0.371. The average molecular weight is 349 g/mol. The minimum Gasteiger partial charge on any atom is -0.316 e. The number of thiazole rings is 1. The molecule has 7 heteroatoms. The van der Waals surface area contributed by atoms with Crippen LogP contribution in [0.2, 0.25) is 0 Å². The number of nitrogens with one attached hydrogen (secondary N) is 1. The second-order valence-corrected chi connectivity index (χ2v) is 9.12. The lowest BCUT2D eigenvalue weighted by Crippen LogP contribution is -2.31. The first-order valence-electron chi connectivity index (χ1n) is 7.77. The lowest BCUT2D eigenvalue weighted by Gasteiger charge is -2.17. The molecule has 1 aromatic carbocycles. The van der Waals surface area contributed by atoms with Gasteiger partial charge in [-0.15, -0.1) is 11.3 Å². The van der Waals surface area contributed by atoms with Crippen LogP contribution < -0.4 is 5.32 Å². The van der Waals surface area contributed by atoms with Crippen LogP contribution in [0.3, 0.4) is 0 Å². The zero-order valence-corrected chi connectivity index (χ0v) is 14.5. The molecule has 23 heavy (non-hydrogen) atoms. The van der Waals surface area contributed by atoms with E-state index in [1.165, 1.54) is 11.3 Å². The van der Waals surface area contributed by atoms with Crippen LogP contribution in [-0.2, 0) is 10.0 Å². The molecule has 2 aliphatic heterocycles. The lowest BCUT2D eigenvalue weighted by atomic mass is 10.0. The highest BCUT2D eigenvalue weighted by molar-refractivity contribution is 7.89. The van der Waals surface area contributed by atoms with Crippen molar-refractivity contribution in [3.05, 3.63) is 35.3 Å². The first-order valence-corrected chi connectivity index (χ1v) is 10.1. The van der Waals surface area contributed by atoms with Crippen LogP contribution in [-0.4, -0.2) is 43.9 Å². The number of hydrogen-bond donors (Lipinski definition) is 1. The Hall–Kier alpha value is -1.28. The number of sulfonamides is 1. The number of fused-ring (bicyclic) bond motifs is 1. The third kappa shape index (κ3) is 2.71. The van der Waals surface area contributed by atoms with Gasteiger partial charge in [0.2, 0.25) is 10.0 Å². The van der Waals surface area contributed by atoms with Crippen molar-refractivity contribution >= 4 is 21.4 Å². The zero-order valence-electron chi connectivity index (χ0n) is 12.9. The van der Waals surface area contributed by atoms with E-state index >= 15 is 0 Å². The molecule has 2 aliphatic rings. The molecule has 4 rings (SSSR count). The summed E-state index contributed by atoms with van der Waals surface area (Å²) in [5.41, 5.74) is 1.82. The molecule has 0 saturated carbocycles. The molecule has 0 bridgehead atoms. The van der Waals surface area contributed by atoms with Crippen LogP contribution in [0.5, 0.6) is 0 Å². The van der Waals surface area contributed by atoms with E-state index in [0.29, 0.717) is 29.8 Å². The first-order chi connectivity index (χ1) is 11.0. The van der Waals surface area contributed by atoms with Crippen molar-refractivity contribution in [3.63, 3.8) is 0 Å². The number of aryl methyl sites for hydroxylation is 1. The summed E-state index contributed by atoms with van der Waals surface area (Å²) >= 11 is 1.54. The Balaban J connectivity index is 1.64. The highest BCUT2D eigenvalue weighted by Crippen LogP contribution is 2.32. The second kappa shape index (κ2) is 5.66. The summed E-state index contributed by atoms with van der Waals surface area (Å²) < 4.78 is 27.5. The largest absolute Gasteiger partial charge is 0.316 e. The fraction of sp³-hybridized carbons (Fsp3) is 0.438. The van der Waals surface area contributed by atoms with Crippen molar-refractivity contribution < 1.29 is 8.42 Å². The van der Waals surface area contributed by atoms with Gasteiger partial charge in [0.05, 0.1) is 4.90 Å². The fourth-order valence-electron chi connectivity index (χ4n) is 3.43. The van der Waals surface area contributed by atoms with E-state index in [1.54, 1.807) is 22.5 Å². The molecule has 2 atom stereocenters. The molecule has 1 aromatic heterocycles. The van der Waals surface area contributed by atoms with Crippen LogP contribution in [0.15, 0.2) is 34.5 Å². The SMILES string of the molecule is Cc1csc(-c2cccc(S(=O)(=O)N3C[C@H]4CNC[C@H]4C3)c2)n1. The molecular weight excluding hydrogens is 330 g/mol. The standard InChI is InChI=1S/C16H19N3O2S2/c1-11-10-22-16(18-11)12-3-2-4-15(5-12)23(20,21)19-8-13-6-17-7-14(13)9-19/h2-5,10,13-14,17H,6-9H2,1H3/t13-,14+. The zero-order chi connectivity index (χ0) is 16.0. The summed E-state index contributed by atoms with van der Waals surface area (Å²) in [5.74, 6) is 0.907. The normalized spacial score (nSPS) is 24.9. The third-order valence-corrected chi connectivity index (χ3v) is 7.53. The van der Waals surface area contributed by atoms with Crippen molar-refractivity contribution in [3.8, 4) is 10.6 Å². The van der Waals surface area contributed by atoms with Gasteiger partial charge in [0.25, 0.3) is 0 Å². The van der Waals surface area contributed by atoms with Gasteiger partial charge in [0, 0.05) is 29.7 Å². The van der Waals surface area contributed by atoms with Crippen LogP contribution in [0, 0.1) is 18.8 Å². The molecule has 0 unspecified atom stereocenters. The van der Waals surface area contributed by atoms with E-state index in [1.807, 2.05) is 18.4 Å². The Morgan fingerprint density at radius 3 is 2.65 bits per heavy atom. The van der Waals surface area contributed by atoms with Crippen molar-refractivity contribution in [1.82, 2.24) is 14.6 Å². The monoisotopic (exact) mass is 349 g/mol. The van der Waals surface area contributed by atoms with Crippen molar-refractivity contribution in [2.45, 2.75) is 11.8 Å². The van der Waals surface area contributed by atoms with Crippen molar-refractivity contribution in [1.29, 1.82) is 0 Å². The van der Waals surface area contributed by atoms with Gasteiger partial charge < -0.3 is 5.32 Å². The minimum atomic E-state index is -3.42. The average Bonchev–Trinajstić information content (AvgIpc) is 3.22. The maximum atomic E-state index is 12.9. The molecule has 122 valence electrons. The topological polar surface area (TPSA) is 62.3 Å². The molecule has 5 nitrogen and oxygen atoms in total. The van der Waals surface area contributed by atoms with E-state index in [9.17, 15) is 8.42 Å². The van der Waals surface area contributed by atoms with E-state index < -0.39 is 10.0 Å². The molecule has 0 radical (unpaired) electrons. The lowest BCUT2D eigenvalue weighted by molar-refractivity contribution is 0.448. The number of benzene rings is 1. The van der Waals surface area contributed by atoms with Gasteiger partial charge in [0.15, 0.2) is 0 Å². The summed E-state index contributed by atoms with van der Waals surface area (Å²) in [6.07, 6.45) is 0. The van der Waals surface area contributed by atoms with Gasteiger partial charge in [-0.25, -0.2) is 13.4 Å². The second-order valence-electron chi connectivity index (χ2n) is 6.32. The van der Waals surface area contributed by atoms with Gasteiger partial charge in [-0.1, -0.05) is 12.1 Å². The predicted octanol–water partition coefficient (Wildman–Crippen LogP) is 1.96. The Morgan fingerprint density at radius 2 is 2.00 bits per heavy atom. The maximum Gasteiger partial charge on any atom is 0.243 e. The number of aromatic nitrogens is 1. The fourth-order valence-corrected chi connectivity index (χ4v) is 5.83. The van der Waals surface area contributed by atoms with Crippen LogP contribution in [0.4, 0.5) is 0 Å². The summed E-state index contributed by atoms with van der Waals surface area (Å²) in [5, 5.41) is 6.18. The van der Waals surface area contributed by atoms with Crippen molar-refractivity contribution in [2.75, 3.05) is 26.2 Å². The predicted molar refractivity (Wildman–Crippen MR) is 90.9 cm³/mol. The first kappa shape index (κ1) is 15.3. The van der Waals surface area contributed by atoms with E-state index in [-0.39, 0.29) is 0 Å². The number of rotatable bonds is 3. The summed E-state index contributed by atoms with van der Waals surface area (Å²) in [6.45, 7) is 5.04. The van der Waals surface area contributed by atoms with E-state index in [2.05, 4.69) is 10.3 Å². The Kier molecular flexibility index (Phi) is 3.76. The van der Waals surface area contributed by atoms with Gasteiger partial charge in [-0.3, -0.25) is 0 Å². The van der Waals surface area contributed by atoms with Gasteiger partial charge in [-0.05, 0) is 44.0 Å². The van der Waals surface area contributed by atoms with Crippen molar-refractivity contribution in [2.24, 2.45) is 11.8 Å². The highest BCUT2D eigenvalue weighted by Gasteiger charge is 2.41. The summed E-state index contributed by atoms with van der Waals surface area (Å²) in [7, 11) is -3.42. The highest BCUT2D eigenvalue weighted by atomic mass is 32.2. The summed E-state index contributed by atoms with van der Waals surface area (Å²) in [4.78, 5) is 4.82. The van der Waals surface area contributed by atoms with Crippen LogP contribution >= 0.6 is 11.3 Å². The van der Waals surface area contributed by atoms with Crippen LogP contribution in [0.1, 0.15) is 5.69 Å². The third-order valence-electron chi connectivity index (χ3n) is 4.69. The molecule has 0 spiro atoms. The molecule has 3 heterocycles. The number of nitrogens with zero attached hydrogens (tertiary/aromatic N) is 2. The molecule has 1 N–H and O–H groups in total.